The van der Waals surface area contributed by atoms with E-state index in [9.17, 15) is 0 Å². The van der Waals surface area contributed by atoms with E-state index in [-0.39, 0.29) is 0 Å². The summed E-state index contributed by atoms with van der Waals surface area (Å²) in [6, 6.07) is 1.99. The van der Waals surface area contributed by atoms with Crippen LogP contribution in [0.15, 0.2) is 12.3 Å². The molecule has 6 nitrogen and oxygen atoms in total. The van der Waals surface area contributed by atoms with Crippen molar-refractivity contribution in [1.29, 1.82) is 0 Å². The molecule has 0 fully saturated rings. The Morgan fingerprint density at radius 1 is 1.25 bits per heavy atom. The Balaban J connectivity index is 2.26. The van der Waals surface area contributed by atoms with Gasteiger partial charge in [0.25, 0.3) is 0 Å². The zero-order valence-corrected chi connectivity index (χ0v) is 12.7. The van der Waals surface area contributed by atoms with E-state index in [0.717, 1.165) is 28.7 Å². The first kappa shape index (κ1) is 14.3. The maximum absolute atomic E-state index is 4.62. The molecule has 0 atom stereocenters. The van der Waals surface area contributed by atoms with Gasteiger partial charge in [-0.25, -0.2) is 9.97 Å². The highest BCUT2D eigenvalue weighted by atomic mass is 15.3. The van der Waals surface area contributed by atoms with Gasteiger partial charge in [-0.1, -0.05) is 13.8 Å². The highest BCUT2D eigenvalue weighted by Gasteiger charge is 2.12. The van der Waals surface area contributed by atoms with Crippen molar-refractivity contribution in [2.24, 2.45) is 7.05 Å². The number of hydrogen-bond acceptors (Lipinski definition) is 5. The SMILES string of the molecule is CNc1nc(C(C)C)nc(NCc2ccnn2C)c1C. The number of aromatic nitrogens is 4. The first-order chi connectivity index (χ1) is 9.52. The summed E-state index contributed by atoms with van der Waals surface area (Å²) in [4.78, 5) is 9.15. The van der Waals surface area contributed by atoms with Crippen LogP contribution >= 0.6 is 0 Å². The first-order valence-corrected chi connectivity index (χ1v) is 6.80. The van der Waals surface area contributed by atoms with E-state index in [0.29, 0.717) is 12.5 Å². The molecule has 20 heavy (non-hydrogen) atoms. The van der Waals surface area contributed by atoms with E-state index < -0.39 is 0 Å². The lowest BCUT2D eigenvalue weighted by atomic mass is 10.2. The number of rotatable bonds is 5. The van der Waals surface area contributed by atoms with E-state index in [1.807, 2.05) is 31.8 Å². The van der Waals surface area contributed by atoms with Gasteiger partial charge in [0, 0.05) is 31.8 Å². The lowest BCUT2D eigenvalue weighted by molar-refractivity contribution is 0.718. The molecule has 0 saturated heterocycles. The Hall–Kier alpha value is -2.11. The molecular formula is C14H22N6. The molecule has 0 aliphatic rings. The Morgan fingerprint density at radius 3 is 2.50 bits per heavy atom. The monoisotopic (exact) mass is 274 g/mol. The third kappa shape index (κ3) is 2.89. The molecule has 2 aromatic heterocycles. The normalized spacial score (nSPS) is 10.9. The fourth-order valence-electron chi connectivity index (χ4n) is 1.96. The van der Waals surface area contributed by atoms with Gasteiger partial charge in [-0.05, 0) is 13.0 Å². The second kappa shape index (κ2) is 5.90. The Labute approximate surface area is 119 Å². The fraction of sp³-hybridized carbons (Fsp3) is 0.500. The third-order valence-corrected chi connectivity index (χ3v) is 3.28. The van der Waals surface area contributed by atoms with Crippen LogP contribution in [0.1, 0.15) is 36.8 Å². The fourth-order valence-corrected chi connectivity index (χ4v) is 1.96. The summed E-state index contributed by atoms with van der Waals surface area (Å²) in [7, 11) is 3.81. The second-order valence-corrected chi connectivity index (χ2v) is 5.11. The molecule has 0 aliphatic carbocycles. The van der Waals surface area contributed by atoms with E-state index >= 15 is 0 Å². The molecule has 2 aromatic rings. The molecule has 0 saturated carbocycles. The van der Waals surface area contributed by atoms with E-state index in [4.69, 9.17) is 0 Å². The molecule has 0 aliphatic heterocycles. The molecule has 0 aromatic carbocycles. The molecular weight excluding hydrogens is 252 g/mol. The minimum atomic E-state index is 0.292. The van der Waals surface area contributed by atoms with E-state index in [2.05, 4.69) is 39.5 Å². The summed E-state index contributed by atoms with van der Waals surface area (Å²) in [5.74, 6) is 2.87. The van der Waals surface area contributed by atoms with Crippen LogP contribution in [0.25, 0.3) is 0 Å². The van der Waals surface area contributed by atoms with E-state index in [1.165, 1.54) is 0 Å². The molecule has 0 radical (unpaired) electrons. The minimum Gasteiger partial charge on any atom is -0.373 e. The van der Waals surface area contributed by atoms with Crippen LogP contribution in [-0.4, -0.2) is 26.8 Å². The van der Waals surface area contributed by atoms with Gasteiger partial charge < -0.3 is 10.6 Å². The summed E-state index contributed by atoms with van der Waals surface area (Å²) in [5, 5.41) is 10.7. The second-order valence-electron chi connectivity index (χ2n) is 5.11. The third-order valence-electron chi connectivity index (χ3n) is 3.28. The lowest BCUT2D eigenvalue weighted by Gasteiger charge is -2.15. The molecule has 2 N–H and O–H groups in total. The Morgan fingerprint density at radius 2 is 1.95 bits per heavy atom. The van der Waals surface area contributed by atoms with Gasteiger partial charge in [0.15, 0.2) is 0 Å². The van der Waals surface area contributed by atoms with Crippen LogP contribution in [0.3, 0.4) is 0 Å². The molecule has 2 rings (SSSR count). The lowest BCUT2D eigenvalue weighted by Crippen LogP contribution is -2.12. The number of hydrogen-bond donors (Lipinski definition) is 2. The number of anilines is 2. The van der Waals surface area contributed by atoms with Crippen molar-refractivity contribution >= 4 is 11.6 Å². The number of nitrogens with one attached hydrogen (secondary N) is 2. The summed E-state index contributed by atoms with van der Waals surface area (Å²) in [6.07, 6.45) is 1.79. The van der Waals surface area contributed by atoms with Gasteiger partial charge in [0.05, 0.1) is 12.2 Å². The first-order valence-electron chi connectivity index (χ1n) is 6.80. The Bertz CT molecular complexity index is 587. The quantitative estimate of drug-likeness (QED) is 0.875. The van der Waals surface area contributed by atoms with Gasteiger partial charge >= 0.3 is 0 Å². The molecule has 0 spiro atoms. The maximum atomic E-state index is 4.62. The Kier molecular flexibility index (Phi) is 4.22. The zero-order valence-electron chi connectivity index (χ0n) is 12.7. The highest BCUT2D eigenvalue weighted by molar-refractivity contribution is 5.57. The molecule has 2 heterocycles. The smallest absolute Gasteiger partial charge is 0.135 e. The minimum absolute atomic E-state index is 0.292. The molecule has 0 unspecified atom stereocenters. The summed E-state index contributed by atoms with van der Waals surface area (Å²) in [5.41, 5.74) is 2.14. The van der Waals surface area contributed by atoms with E-state index in [1.54, 1.807) is 6.20 Å². The van der Waals surface area contributed by atoms with Gasteiger partial charge in [-0.15, -0.1) is 0 Å². The van der Waals surface area contributed by atoms with Gasteiger partial charge in [0.2, 0.25) is 0 Å². The average molecular weight is 274 g/mol. The molecule has 108 valence electrons. The summed E-state index contributed by atoms with van der Waals surface area (Å²) >= 11 is 0. The van der Waals surface area contributed by atoms with Crippen molar-refractivity contribution in [3.8, 4) is 0 Å². The highest BCUT2D eigenvalue weighted by Crippen LogP contribution is 2.23. The van der Waals surface area contributed by atoms with Gasteiger partial charge in [-0.3, -0.25) is 4.68 Å². The van der Waals surface area contributed by atoms with Crippen LogP contribution in [0.5, 0.6) is 0 Å². The number of aryl methyl sites for hydroxylation is 1. The van der Waals surface area contributed by atoms with Crippen molar-refractivity contribution in [2.45, 2.75) is 33.2 Å². The van der Waals surface area contributed by atoms with Crippen LogP contribution < -0.4 is 10.6 Å². The molecule has 0 bridgehead atoms. The van der Waals surface area contributed by atoms with Crippen LogP contribution in [-0.2, 0) is 13.6 Å². The summed E-state index contributed by atoms with van der Waals surface area (Å²) in [6.45, 7) is 6.89. The topological polar surface area (TPSA) is 67.7 Å². The molecule has 6 heteroatoms. The van der Waals surface area contributed by atoms with Gasteiger partial charge in [-0.2, -0.15) is 5.10 Å². The van der Waals surface area contributed by atoms with Crippen LogP contribution in [0.4, 0.5) is 11.6 Å². The maximum Gasteiger partial charge on any atom is 0.135 e. The summed E-state index contributed by atoms with van der Waals surface area (Å²) < 4.78 is 1.85. The van der Waals surface area contributed by atoms with Crippen LogP contribution in [0, 0.1) is 6.92 Å². The zero-order chi connectivity index (χ0) is 14.7. The standard InChI is InChI=1S/C14H22N6/c1-9(2)12-18-13(15-4)10(3)14(19-12)16-8-11-6-7-17-20(11)5/h6-7,9H,8H2,1-5H3,(H2,15,16,18,19). The van der Waals surface area contributed by atoms with Crippen LogP contribution in [0.2, 0.25) is 0 Å². The molecule has 0 amide bonds. The number of nitrogens with zero attached hydrogens (tertiary/aromatic N) is 4. The van der Waals surface area contributed by atoms with Crippen molar-refractivity contribution in [3.05, 3.63) is 29.3 Å². The average Bonchev–Trinajstić information content (AvgIpc) is 2.83. The van der Waals surface area contributed by atoms with Crippen molar-refractivity contribution in [2.75, 3.05) is 17.7 Å². The largest absolute Gasteiger partial charge is 0.373 e. The van der Waals surface area contributed by atoms with Crippen molar-refractivity contribution in [3.63, 3.8) is 0 Å². The van der Waals surface area contributed by atoms with Gasteiger partial charge in [0.1, 0.15) is 17.5 Å². The van der Waals surface area contributed by atoms with Crippen molar-refractivity contribution in [1.82, 2.24) is 19.7 Å². The van der Waals surface area contributed by atoms with Crippen molar-refractivity contribution < 1.29 is 0 Å². The predicted molar refractivity (Wildman–Crippen MR) is 80.9 cm³/mol. The predicted octanol–water partition coefficient (Wildman–Crippen LogP) is 2.30.